The number of alkyl halides is 1. The van der Waals surface area contributed by atoms with Crippen molar-refractivity contribution in [2.75, 3.05) is 6.61 Å². The molecule has 17 heavy (non-hydrogen) atoms. The van der Waals surface area contributed by atoms with E-state index in [1.54, 1.807) is 0 Å². The van der Waals surface area contributed by atoms with Gasteiger partial charge in [0, 0.05) is 12.3 Å². The van der Waals surface area contributed by atoms with Gasteiger partial charge in [-0.1, -0.05) is 42.5 Å². The zero-order valence-electron chi connectivity index (χ0n) is 9.60. The summed E-state index contributed by atoms with van der Waals surface area (Å²) in [6.07, 6.45) is 0.914. The molecule has 0 radical (unpaired) electrons. The summed E-state index contributed by atoms with van der Waals surface area (Å²) in [4.78, 5) is 0. The highest BCUT2D eigenvalue weighted by molar-refractivity contribution is 6.17. The molecule has 0 N–H and O–H groups in total. The zero-order chi connectivity index (χ0) is 11.9. The van der Waals surface area contributed by atoms with Crippen LogP contribution >= 0.6 is 11.6 Å². The lowest BCUT2D eigenvalue weighted by atomic mass is 10.1. The number of halogens is 1. The van der Waals surface area contributed by atoms with Crippen LogP contribution in [0.4, 0.5) is 0 Å². The first-order chi connectivity index (χ1) is 8.38. The maximum atomic E-state index is 5.74. The summed E-state index contributed by atoms with van der Waals surface area (Å²) >= 11 is 5.74. The van der Waals surface area contributed by atoms with E-state index in [-0.39, 0.29) is 0 Å². The Labute approximate surface area is 107 Å². The Morgan fingerprint density at radius 3 is 2.12 bits per heavy atom. The van der Waals surface area contributed by atoms with Crippen molar-refractivity contribution in [2.24, 2.45) is 0 Å². The van der Waals surface area contributed by atoms with E-state index >= 15 is 0 Å². The molecule has 2 aromatic carbocycles. The summed E-state index contributed by atoms with van der Waals surface area (Å²) in [5, 5.41) is 0. The molecule has 0 bridgehead atoms. The van der Waals surface area contributed by atoms with Crippen molar-refractivity contribution in [3.63, 3.8) is 0 Å². The lowest BCUT2D eigenvalue weighted by Gasteiger charge is -2.06. The number of hydrogen-bond donors (Lipinski definition) is 0. The fraction of sp³-hybridized carbons (Fsp3) is 0.200. The van der Waals surface area contributed by atoms with Crippen LogP contribution < -0.4 is 4.74 Å². The van der Waals surface area contributed by atoms with Crippen LogP contribution in [0.25, 0.3) is 0 Å². The van der Waals surface area contributed by atoms with Crippen LogP contribution in [-0.4, -0.2) is 6.61 Å². The van der Waals surface area contributed by atoms with E-state index in [0.717, 1.165) is 17.7 Å². The van der Waals surface area contributed by atoms with Gasteiger partial charge in [-0.2, -0.15) is 0 Å². The highest BCUT2D eigenvalue weighted by Gasteiger charge is 1.96. The van der Waals surface area contributed by atoms with Crippen molar-refractivity contribution in [2.45, 2.75) is 12.3 Å². The molecule has 0 saturated heterocycles. The van der Waals surface area contributed by atoms with Crippen LogP contribution in [0.5, 0.6) is 5.75 Å². The molecule has 0 aliphatic heterocycles. The summed E-state index contributed by atoms with van der Waals surface area (Å²) in [6, 6.07) is 18.2. The van der Waals surface area contributed by atoms with Crippen LogP contribution in [0.2, 0.25) is 0 Å². The van der Waals surface area contributed by atoms with Crippen LogP contribution in [0, 0.1) is 0 Å². The molecule has 0 aliphatic rings. The van der Waals surface area contributed by atoms with Gasteiger partial charge >= 0.3 is 0 Å². The zero-order valence-corrected chi connectivity index (χ0v) is 10.4. The average Bonchev–Trinajstić information content (AvgIpc) is 2.41. The third-order valence-corrected chi connectivity index (χ3v) is 2.89. The number of benzene rings is 2. The minimum absolute atomic E-state index is 0.570. The lowest BCUT2D eigenvalue weighted by molar-refractivity contribution is 0.322. The number of para-hydroxylation sites is 1. The summed E-state index contributed by atoms with van der Waals surface area (Å²) in [6.45, 7) is 0.699. The Hall–Kier alpha value is -1.47. The van der Waals surface area contributed by atoms with E-state index < -0.39 is 0 Å². The SMILES string of the molecule is ClCc1ccc(CCOc2ccccc2)cc1. The first-order valence-electron chi connectivity index (χ1n) is 5.70. The van der Waals surface area contributed by atoms with Crippen molar-refractivity contribution in [1.82, 2.24) is 0 Å². The Morgan fingerprint density at radius 1 is 0.824 bits per heavy atom. The van der Waals surface area contributed by atoms with E-state index in [0.29, 0.717) is 12.5 Å². The van der Waals surface area contributed by atoms with E-state index in [2.05, 4.69) is 24.3 Å². The monoisotopic (exact) mass is 246 g/mol. The van der Waals surface area contributed by atoms with Gasteiger partial charge in [-0.15, -0.1) is 11.6 Å². The fourth-order valence-electron chi connectivity index (χ4n) is 1.60. The molecule has 0 atom stereocenters. The molecule has 0 unspecified atom stereocenters. The molecule has 0 saturated carbocycles. The minimum Gasteiger partial charge on any atom is -0.493 e. The maximum absolute atomic E-state index is 5.74. The largest absolute Gasteiger partial charge is 0.493 e. The first-order valence-corrected chi connectivity index (χ1v) is 6.23. The standard InChI is InChI=1S/C15H15ClO/c16-12-14-8-6-13(7-9-14)10-11-17-15-4-2-1-3-5-15/h1-9H,10-12H2. The van der Waals surface area contributed by atoms with Gasteiger partial charge in [0.05, 0.1) is 6.61 Å². The highest BCUT2D eigenvalue weighted by atomic mass is 35.5. The molecule has 2 rings (SSSR count). The summed E-state index contributed by atoms with van der Waals surface area (Å²) < 4.78 is 5.64. The van der Waals surface area contributed by atoms with Gasteiger partial charge in [-0.25, -0.2) is 0 Å². The Balaban J connectivity index is 1.82. The smallest absolute Gasteiger partial charge is 0.119 e. The van der Waals surface area contributed by atoms with Crippen molar-refractivity contribution in [3.05, 3.63) is 65.7 Å². The van der Waals surface area contributed by atoms with Gasteiger partial charge in [0.15, 0.2) is 0 Å². The Morgan fingerprint density at radius 2 is 1.47 bits per heavy atom. The normalized spacial score (nSPS) is 10.2. The summed E-state index contributed by atoms with van der Waals surface area (Å²) in [7, 11) is 0. The molecular formula is C15H15ClO. The summed E-state index contributed by atoms with van der Waals surface area (Å²) in [5.74, 6) is 1.49. The first kappa shape index (κ1) is 12.0. The van der Waals surface area contributed by atoms with Gasteiger partial charge in [-0.05, 0) is 23.3 Å². The van der Waals surface area contributed by atoms with Crippen LogP contribution in [0.3, 0.4) is 0 Å². The molecule has 2 heteroatoms. The second kappa shape index (κ2) is 6.31. The van der Waals surface area contributed by atoms with Gasteiger partial charge in [0.25, 0.3) is 0 Å². The number of hydrogen-bond acceptors (Lipinski definition) is 1. The van der Waals surface area contributed by atoms with E-state index in [9.17, 15) is 0 Å². The van der Waals surface area contributed by atoms with Crippen molar-refractivity contribution in [3.8, 4) is 5.75 Å². The lowest BCUT2D eigenvalue weighted by Crippen LogP contribution is -2.01. The number of rotatable bonds is 5. The molecule has 0 aliphatic carbocycles. The molecule has 0 spiro atoms. The van der Waals surface area contributed by atoms with Crippen molar-refractivity contribution in [1.29, 1.82) is 0 Å². The Kier molecular flexibility index (Phi) is 4.45. The molecule has 0 aromatic heterocycles. The molecule has 0 fully saturated rings. The molecule has 2 aromatic rings. The van der Waals surface area contributed by atoms with Crippen molar-refractivity contribution >= 4 is 11.6 Å². The van der Waals surface area contributed by atoms with Gasteiger partial charge in [0.2, 0.25) is 0 Å². The van der Waals surface area contributed by atoms with Crippen LogP contribution in [-0.2, 0) is 12.3 Å². The quantitative estimate of drug-likeness (QED) is 0.724. The van der Waals surface area contributed by atoms with Gasteiger partial charge < -0.3 is 4.74 Å². The van der Waals surface area contributed by atoms with Gasteiger partial charge in [0.1, 0.15) is 5.75 Å². The molecule has 1 nitrogen and oxygen atoms in total. The maximum Gasteiger partial charge on any atom is 0.119 e. The van der Waals surface area contributed by atoms with E-state index in [4.69, 9.17) is 16.3 Å². The minimum atomic E-state index is 0.570. The topological polar surface area (TPSA) is 9.23 Å². The third kappa shape index (κ3) is 3.79. The van der Waals surface area contributed by atoms with Gasteiger partial charge in [-0.3, -0.25) is 0 Å². The van der Waals surface area contributed by atoms with Crippen LogP contribution in [0.1, 0.15) is 11.1 Å². The second-order valence-electron chi connectivity index (χ2n) is 3.86. The van der Waals surface area contributed by atoms with E-state index in [1.165, 1.54) is 5.56 Å². The molecule has 88 valence electrons. The average molecular weight is 247 g/mol. The predicted octanol–water partition coefficient (Wildman–Crippen LogP) is 4.05. The number of ether oxygens (including phenoxy) is 1. The highest BCUT2D eigenvalue weighted by Crippen LogP contribution is 2.10. The van der Waals surface area contributed by atoms with E-state index in [1.807, 2.05) is 30.3 Å². The van der Waals surface area contributed by atoms with Crippen LogP contribution in [0.15, 0.2) is 54.6 Å². The second-order valence-corrected chi connectivity index (χ2v) is 4.13. The molecular weight excluding hydrogens is 232 g/mol. The fourth-order valence-corrected chi connectivity index (χ4v) is 1.78. The third-order valence-electron chi connectivity index (χ3n) is 2.58. The summed E-state index contributed by atoms with van der Waals surface area (Å²) in [5.41, 5.74) is 2.43. The predicted molar refractivity (Wildman–Crippen MR) is 71.6 cm³/mol. The van der Waals surface area contributed by atoms with Crippen molar-refractivity contribution < 1.29 is 4.74 Å². The molecule has 0 amide bonds. The Bertz CT molecular complexity index is 436. The molecule has 0 heterocycles.